The highest BCUT2D eigenvalue weighted by Gasteiger charge is 2.30. The van der Waals surface area contributed by atoms with E-state index in [9.17, 15) is 8.42 Å². The Morgan fingerprint density at radius 1 is 1.04 bits per heavy atom. The highest BCUT2D eigenvalue weighted by molar-refractivity contribution is 7.89. The molecule has 3 aromatic rings. The zero-order valence-corrected chi connectivity index (χ0v) is 16.7. The summed E-state index contributed by atoms with van der Waals surface area (Å²) >= 11 is 12.0. The maximum Gasteiger partial charge on any atom is 0.244 e. The van der Waals surface area contributed by atoms with E-state index in [0.29, 0.717) is 37.7 Å². The number of para-hydroxylation sites is 2. The van der Waals surface area contributed by atoms with E-state index in [2.05, 4.69) is 14.9 Å². The molecule has 0 saturated carbocycles. The summed E-state index contributed by atoms with van der Waals surface area (Å²) in [5.41, 5.74) is 1.94. The molecule has 0 unspecified atom stereocenters. The number of nitrogens with zero attached hydrogens (tertiary/aromatic N) is 3. The lowest BCUT2D eigenvalue weighted by Crippen LogP contribution is -2.48. The number of nitrogens with one attached hydrogen (secondary N) is 1. The Morgan fingerprint density at radius 2 is 1.78 bits per heavy atom. The average Bonchev–Trinajstić information content (AvgIpc) is 3.06. The molecule has 2 aromatic carbocycles. The molecule has 1 aliphatic heterocycles. The van der Waals surface area contributed by atoms with Crippen molar-refractivity contribution in [1.82, 2.24) is 19.2 Å². The van der Waals surface area contributed by atoms with Crippen molar-refractivity contribution in [1.29, 1.82) is 0 Å². The summed E-state index contributed by atoms with van der Waals surface area (Å²) < 4.78 is 27.2. The fraction of sp³-hybridized carbons (Fsp3) is 0.278. The van der Waals surface area contributed by atoms with Gasteiger partial charge >= 0.3 is 0 Å². The molecule has 1 N–H and O–H groups in total. The van der Waals surface area contributed by atoms with Crippen LogP contribution in [0.1, 0.15) is 5.82 Å². The van der Waals surface area contributed by atoms with Crippen molar-refractivity contribution in [2.75, 3.05) is 26.2 Å². The minimum Gasteiger partial charge on any atom is -0.341 e. The van der Waals surface area contributed by atoms with Crippen LogP contribution < -0.4 is 0 Å². The lowest BCUT2D eigenvalue weighted by atomic mass is 10.3. The molecule has 4 rings (SSSR count). The molecule has 9 heteroatoms. The van der Waals surface area contributed by atoms with Gasteiger partial charge in [0.25, 0.3) is 0 Å². The Labute approximate surface area is 167 Å². The molecule has 142 valence electrons. The van der Waals surface area contributed by atoms with Crippen LogP contribution >= 0.6 is 23.2 Å². The molecule has 27 heavy (non-hydrogen) atoms. The Morgan fingerprint density at radius 3 is 2.52 bits per heavy atom. The molecule has 0 aliphatic carbocycles. The van der Waals surface area contributed by atoms with Crippen LogP contribution in [0.3, 0.4) is 0 Å². The number of piperazine rings is 1. The molecule has 0 bridgehead atoms. The quantitative estimate of drug-likeness (QED) is 0.696. The highest BCUT2D eigenvalue weighted by Crippen LogP contribution is 2.28. The normalized spacial score (nSPS) is 16.8. The number of hydrogen-bond acceptors (Lipinski definition) is 4. The van der Waals surface area contributed by atoms with Gasteiger partial charge in [0.15, 0.2) is 0 Å². The summed E-state index contributed by atoms with van der Waals surface area (Å²) in [6.45, 7) is 2.68. The number of rotatable bonds is 4. The third-order valence-electron chi connectivity index (χ3n) is 4.65. The van der Waals surface area contributed by atoms with Gasteiger partial charge in [0.2, 0.25) is 10.0 Å². The van der Waals surface area contributed by atoms with Gasteiger partial charge in [-0.3, -0.25) is 4.90 Å². The number of sulfonamides is 1. The minimum atomic E-state index is -3.67. The van der Waals surface area contributed by atoms with Crippen molar-refractivity contribution in [2.45, 2.75) is 11.4 Å². The largest absolute Gasteiger partial charge is 0.341 e. The van der Waals surface area contributed by atoms with Gasteiger partial charge < -0.3 is 4.98 Å². The lowest BCUT2D eigenvalue weighted by Gasteiger charge is -2.33. The van der Waals surface area contributed by atoms with Crippen LogP contribution in [-0.2, 0) is 16.6 Å². The van der Waals surface area contributed by atoms with E-state index in [0.717, 1.165) is 16.9 Å². The fourth-order valence-corrected chi connectivity index (χ4v) is 5.39. The standard InChI is InChI=1S/C18H18Cl2N4O2S/c19-13-5-6-14(20)17(11-13)27(25,26)24-9-7-23(8-10-24)12-18-21-15-3-1-2-4-16(15)22-18/h1-6,11H,7-10,12H2,(H,21,22). The highest BCUT2D eigenvalue weighted by atomic mass is 35.5. The maximum atomic E-state index is 12.9. The van der Waals surface area contributed by atoms with Crippen LogP contribution in [0.25, 0.3) is 11.0 Å². The van der Waals surface area contributed by atoms with Gasteiger partial charge in [-0.25, -0.2) is 13.4 Å². The minimum absolute atomic E-state index is 0.0578. The second kappa shape index (κ2) is 7.41. The van der Waals surface area contributed by atoms with E-state index in [1.54, 1.807) is 6.07 Å². The van der Waals surface area contributed by atoms with Gasteiger partial charge in [0.05, 0.1) is 22.6 Å². The predicted octanol–water partition coefficient (Wildman–Crippen LogP) is 3.38. The molecule has 2 heterocycles. The summed E-state index contributed by atoms with van der Waals surface area (Å²) in [6, 6.07) is 12.4. The maximum absolute atomic E-state index is 12.9. The van der Waals surface area contributed by atoms with Crippen molar-refractivity contribution in [2.24, 2.45) is 0 Å². The van der Waals surface area contributed by atoms with Crippen molar-refractivity contribution in [3.05, 3.63) is 58.3 Å². The predicted molar refractivity (Wildman–Crippen MR) is 107 cm³/mol. The topological polar surface area (TPSA) is 69.3 Å². The summed E-state index contributed by atoms with van der Waals surface area (Å²) in [5, 5.41) is 0.533. The van der Waals surface area contributed by atoms with E-state index in [1.807, 2.05) is 24.3 Å². The molecule has 6 nitrogen and oxygen atoms in total. The number of H-pyrrole nitrogens is 1. The van der Waals surface area contributed by atoms with E-state index >= 15 is 0 Å². The molecule has 1 aromatic heterocycles. The molecule has 1 fully saturated rings. The molecular weight excluding hydrogens is 407 g/mol. The van der Waals surface area contributed by atoms with Gasteiger partial charge in [-0.15, -0.1) is 0 Å². The number of aromatic nitrogens is 2. The number of hydrogen-bond donors (Lipinski definition) is 1. The average molecular weight is 425 g/mol. The Kier molecular flexibility index (Phi) is 5.13. The van der Waals surface area contributed by atoms with Crippen LogP contribution in [0.4, 0.5) is 0 Å². The first-order valence-corrected chi connectivity index (χ1v) is 10.7. The molecule has 0 spiro atoms. The number of imidazole rings is 1. The first-order valence-electron chi connectivity index (χ1n) is 8.55. The molecule has 1 saturated heterocycles. The third-order valence-corrected chi connectivity index (χ3v) is 7.27. The van der Waals surface area contributed by atoms with Gasteiger partial charge in [-0.2, -0.15) is 4.31 Å². The molecular formula is C18H18Cl2N4O2S. The summed E-state index contributed by atoms with van der Waals surface area (Å²) in [7, 11) is -3.67. The van der Waals surface area contributed by atoms with Crippen LogP contribution in [-0.4, -0.2) is 53.8 Å². The second-order valence-electron chi connectivity index (χ2n) is 6.46. The Balaban J connectivity index is 1.44. The van der Waals surface area contributed by atoms with Crippen molar-refractivity contribution in [3.63, 3.8) is 0 Å². The summed E-state index contributed by atoms with van der Waals surface area (Å²) in [5.74, 6) is 0.880. The van der Waals surface area contributed by atoms with E-state index in [-0.39, 0.29) is 9.92 Å². The number of halogens is 2. The number of benzene rings is 2. The molecule has 0 radical (unpaired) electrons. The van der Waals surface area contributed by atoms with Crippen LogP contribution in [0.5, 0.6) is 0 Å². The lowest BCUT2D eigenvalue weighted by molar-refractivity contribution is 0.178. The number of fused-ring (bicyclic) bond motifs is 1. The molecule has 1 aliphatic rings. The molecule has 0 amide bonds. The summed E-state index contributed by atoms with van der Waals surface area (Å²) in [6.07, 6.45) is 0. The first kappa shape index (κ1) is 18.7. The molecule has 0 atom stereocenters. The van der Waals surface area contributed by atoms with Crippen LogP contribution in [0, 0.1) is 0 Å². The van der Waals surface area contributed by atoms with E-state index in [4.69, 9.17) is 23.2 Å². The SMILES string of the molecule is O=S(=O)(c1cc(Cl)ccc1Cl)N1CCN(Cc2nc3ccccc3[nH]2)CC1. The second-order valence-corrected chi connectivity index (χ2v) is 9.21. The van der Waals surface area contributed by atoms with E-state index < -0.39 is 10.0 Å². The van der Waals surface area contributed by atoms with E-state index in [1.165, 1.54) is 16.4 Å². The fourth-order valence-electron chi connectivity index (χ4n) is 3.23. The smallest absolute Gasteiger partial charge is 0.244 e. The zero-order valence-electron chi connectivity index (χ0n) is 14.4. The van der Waals surface area contributed by atoms with Crippen molar-refractivity contribution >= 4 is 44.3 Å². The van der Waals surface area contributed by atoms with Gasteiger partial charge in [0, 0.05) is 31.2 Å². The van der Waals surface area contributed by atoms with Gasteiger partial charge in [-0.1, -0.05) is 35.3 Å². The van der Waals surface area contributed by atoms with Gasteiger partial charge in [-0.05, 0) is 30.3 Å². The monoisotopic (exact) mass is 424 g/mol. The Bertz CT molecular complexity index is 1040. The van der Waals surface area contributed by atoms with Crippen LogP contribution in [0.15, 0.2) is 47.4 Å². The van der Waals surface area contributed by atoms with Crippen molar-refractivity contribution < 1.29 is 8.42 Å². The Hall–Kier alpha value is -1.64. The van der Waals surface area contributed by atoms with Crippen LogP contribution in [0.2, 0.25) is 10.0 Å². The summed E-state index contributed by atoms with van der Waals surface area (Å²) in [4.78, 5) is 10.1. The van der Waals surface area contributed by atoms with Crippen molar-refractivity contribution in [3.8, 4) is 0 Å². The third kappa shape index (κ3) is 3.83. The number of aromatic amines is 1. The van der Waals surface area contributed by atoms with Gasteiger partial charge in [0.1, 0.15) is 10.7 Å². The zero-order chi connectivity index (χ0) is 19.0. The first-order chi connectivity index (χ1) is 12.9.